The molecule has 0 spiro atoms. The highest BCUT2D eigenvalue weighted by Crippen LogP contribution is 2.22. The number of nitrogens with zero attached hydrogens (tertiary/aromatic N) is 4. The van der Waals surface area contributed by atoms with Crippen LogP contribution in [-0.2, 0) is 19.9 Å². The second-order valence-electron chi connectivity index (χ2n) is 4.48. The summed E-state index contributed by atoms with van der Waals surface area (Å²) in [5.41, 5.74) is 5.56. The molecule has 0 atom stereocenters. The van der Waals surface area contributed by atoms with E-state index < -0.39 is 0 Å². The van der Waals surface area contributed by atoms with E-state index >= 15 is 0 Å². The molecule has 6 heteroatoms. The molecule has 19 heavy (non-hydrogen) atoms. The molecule has 2 aromatic rings. The molecule has 0 saturated heterocycles. The van der Waals surface area contributed by atoms with Gasteiger partial charge in [-0.1, -0.05) is 20.3 Å². The Labute approximate surface area is 113 Å². The second kappa shape index (κ2) is 5.79. The van der Waals surface area contributed by atoms with Gasteiger partial charge in [0.05, 0.1) is 11.3 Å². The first-order valence-electron chi connectivity index (χ1n) is 6.55. The van der Waals surface area contributed by atoms with Crippen LogP contribution in [0.3, 0.4) is 0 Å². The summed E-state index contributed by atoms with van der Waals surface area (Å²) in [6.45, 7) is 4.20. The van der Waals surface area contributed by atoms with Crippen molar-refractivity contribution in [2.24, 2.45) is 12.9 Å². The van der Waals surface area contributed by atoms with Gasteiger partial charge in [-0.25, -0.2) is 15.8 Å². The van der Waals surface area contributed by atoms with Crippen LogP contribution < -0.4 is 11.3 Å². The smallest absolute Gasteiger partial charge is 0.165 e. The van der Waals surface area contributed by atoms with E-state index in [1.165, 1.54) is 0 Å². The molecule has 0 aliphatic heterocycles. The van der Waals surface area contributed by atoms with Crippen molar-refractivity contribution in [3.63, 3.8) is 0 Å². The lowest BCUT2D eigenvalue weighted by molar-refractivity contribution is 0.746. The van der Waals surface area contributed by atoms with Crippen LogP contribution in [0.25, 0.3) is 11.4 Å². The highest BCUT2D eigenvalue weighted by atomic mass is 15.3. The molecule has 0 amide bonds. The van der Waals surface area contributed by atoms with Crippen LogP contribution >= 0.6 is 0 Å². The van der Waals surface area contributed by atoms with Crippen molar-refractivity contribution < 1.29 is 0 Å². The summed E-state index contributed by atoms with van der Waals surface area (Å²) in [5, 5.41) is 4.42. The Bertz CT molecular complexity index is 560. The Kier molecular flexibility index (Phi) is 4.11. The number of nitrogen functional groups attached to an aromatic ring is 1. The molecule has 102 valence electrons. The molecule has 0 bridgehead atoms. The van der Waals surface area contributed by atoms with Crippen LogP contribution in [0.5, 0.6) is 0 Å². The van der Waals surface area contributed by atoms with Gasteiger partial charge in [0.15, 0.2) is 5.82 Å². The van der Waals surface area contributed by atoms with Gasteiger partial charge in [-0.2, -0.15) is 5.10 Å². The fourth-order valence-corrected chi connectivity index (χ4v) is 2.06. The van der Waals surface area contributed by atoms with Crippen LogP contribution in [0.4, 0.5) is 5.82 Å². The molecule has 0 fully saturated rings. The van der Waals surface area contributed by atoms with Crippen LogP contribution in [0, 0.1) is 0 Å². The highest BCUT2D eigenvalue weighted by Gasteiger charge is 2.13. The summed E-state index contributed by atoms with van der Waals surface area (Å²) < 4.78 is 1.79. The molecule has 0 aliphatic rings. The summed E-state index contributed by atoms with van der Waals surface area (Å²) in [6, 6.07) is 1.88. The minimum absolute atomic E-state index is 0.638. The molecule has 0 saturated carbocycles. The first kappa shape index (κ1) is 13.5. The Morgan fingerprint density at radius 2 is 2.11 bits per heavy atom. The zero-order chi connectivity index (χ0) is 13.8. The van der Waals surface area contributed by atoms with Crippen LogP contribution in [0.1, 0.15) is 31.7 Å². The van der Waals surface area contributed by atoms with Gasteiger partial charge in [0.25, 0.3) is 0 Å². The molecule has 2 aromatic heterocycles. The highest BCUT2D eigenvalue weighted by molar-refractivity contribution is 5.59. The summed E-state index contributed by atoms with van der Waals surface area (Å²) in [7, 11) is 1.90. The van der Waals surface area contributed by atoms with E-state index in [2.05, 4.69) is 34.3 Å². The number of aromatic nitrogens is 4. The fraction of sp³-hybridized carbons (Fsp3) is 0.462. The largest absolute Gasteiger partial charge is 0.308 e. The molecule has 0 radical (unpaired) electrons. The fourth-order valence-electron chi connectivity index (χ4n) is 2.06. The maximum absolute atomic E-state index is 5.48. The maximum Gasteiger partial charge on any atom is 0.165 e. The summed E-state index contributed by atoms with van der Waals surface area (Å²) in [6.07, 6.45) is 4.74. The van der Waals surface area contributed by atoms with Crippen molar-refractivity contribution in [1.82, 2.24) is 19.7 Å². The van der Waals surface area contributed by atoms with Gasteiger partial charge in [-0.05, 0) is 12.8 Å². The molecule has 0 aromatic carbocycles. The van der Waals surface area contributed by atoms with Crippen molar-refractivity contribution in [3.05, 3.63) is 23.7 Å². The molecular weight excluding hydrogens is 240 g/mol. The van der Waals surface area contributed by atoms with E-state index in [0.29, 0.717) is 11.6 Å². The van der Waals surface area contributed by atoms with E-state index in [1.807, 2.05) is 19.3 Å². The quantitative estimate of drug-likeness (QED) is 0.631. The Morgan fingerprint density at radius 3 is 2.74 bits per heavy atom. The Morgan fingerprint density at radius 1 is 1.32 bits per heavy atom. The second-order valence-corrected chi connectivity index (χ2v) is 4.48. The van der Waals surface area contributed by atoms with Crippen molar-refractivity contribution >= 4 is 5.82 Å². The third-order valence-corrected chi connectivity index (χ3v) is 2.91. The molecule has 2 heterocycles. The average molecular weight is 260 g/mol. The minimum atomic E-state index is 0.638. The van der Waals surface area contributed by atoms with E-state index in [9.17, 15) is 0 Å². The third kappa shape index (κ3) is 2.90. The van der Waals surface area contributed by atoms with Gasteiger partial charge in [0, 0.05) is 25.0 Å². The van der Waals surface area contributed by atoms with Gasteiger partial charge < -0.3 is 5.43 Å². The summed E-state index contributed by atoms with van der Waals surface area (Å²) in [4.78, 5) is 9.03. The monoisotopic (exact) mass is 260 g/mol. The lowest BCUT2D eigenvalue weighted by Gasteiger charge is -2.06. The number of hydrazine groups is 1. The minimum Gasteiger partial charge on any atom is -0.308 e. The number of hydrogen-bond donors (Lipinski definition) is 2. The van der Waals surface area contributed by atoms with Gasteiger partial charge in [0.1, 0.15) is 5.82 Å². The number of nitrogens with one attached hydrogen (secondary N) is 1. The van der Waals surface area contributed by atoms with Crippen molar-refractivity contribution in [2.45, 2.75) is 33.1 Å². The van der Waals surface area contributed by atoms with Crippen molar-refractivity contribution in [3.8, 4) is 11.4 Å². The summed E-state index contributed by atoms with van der Waals surface area (Å²) in [5.74, 6) is 6.80. The predicted octanol–water partition coefficient (Wildman–Crippen LogP) is 1.68. The molecular formula is C13H20N6. The SMILES string of the molecule is CCCc1cc(NN)nc(-c2cn(C)nc2CC)n1. The first-order valence-corrected chi connectivity index (χ1v) is 6.55. The lowest BCUT2D eigenvalue weighted by Crippen LogP contribution is -2.10. The number of hydrogen-bond acceptors (Lipinski definition) is 5. The van der Waals surface area contributed by atoms with E-state index in [-0.39, 0.29) is 0 Å². The molecule has 2 rings (SSSR count). The van der Waals surface area contributed by atoms with Gasteiger partial charge in [-0.15, -0.1) is 0 Å². The van der Waals surface area contributed by atoms with Gasteiger partial charge in [-0.3, -0.25) is 4.68 Å². The first-order chi connectivity index (χ1) is 9.17. The van der Waals surface area contributed by atoms with E-state index in [0.717, 1.165) is 36.2 Å². The van der Waals surface area contributed by atoms with Crippen molar-refractivity contribution in [2.75, 3.05) is 5.43 Å². The molecule has 0 aliphatic carbocycles. The molecule has 6 nitrogen and oxygen atoms in total. The topological polar surface area (TPSA) is 81.6 Å². The number of rotatable bonds is 5. The predicted molar refractivity (Wildman–Crippen MR) is 75.4 cm³/mol. The zero-order valence-electron chi connectivity index (χ0n) is 11.6. The Hall–Kier alpha value is -1.95. The maximum atomic E-state index is 5.48. The Balaban J connectivity index is 2.50. The van der Waals surface area contributed by atoms with E-state index in [4.69, 9.17) is 5.84 Å². The van der Waals surface area contributed by atoms with Crippen molar-refractivity contribution in [1.29, 1.82) is 0 Å². The normalized spacial score (nSPS) is 10.7. The number of anilines is 1. The van der Waals surface area contributed by atoms with Crippen LogP contribution in [0.2, 0.25) is 0 Å². The zero-order valence-corrected chi connectivity index (χ0v) is 11.6. The lowest BCUT2D eigenvalue weighted by atomic mass is 10.2. The van der Waals surface area contributed by atoms with Crippen LogP contribution in [0.15, 0.2) is 12.3 Å². The third-order valence-electron chi connectivity index (χ3n) is 2.91. The summed E-state index contributed by atoms with van der Waals surface area (Å²) >= 11 is 0. The van der Waals surface area contributed by atoms with Crippen LogP contribution in [-0.4, -0.2) is 19.7 Å². The standard InChI is InChI=1S/C13H20N6/c1-4-6-9-7-12(17-14)16-13(15-9)10-8-19(3)18-11(10)5-2/h7-8H,4-6,14H2,1-3H3,(H,15,16,17). The molecule has 0 unspecified atom stereocenters. The number of nitrogens with two attached hydrogens (primary N) is 1. The van der Waals surface area contributed by atoms with Gasteiger partial charge >= 0.3 is 0 Å². The van der Waals surface area contributed by atoms with E-state index in [1.54, 1.807) is 4.68 Å². The molecule has 3 N–H and O–H groups in total. The van der Waals surface area contributed by atoms with Gasteiger partial charge in [0.2, 0.25) is 0 Å². The average Bonchev–Trinajstić information content (AvgIpc) is 2.80. The number of aryl methyl sites for hydroxylation is 3.